The largest absolute Gasteiger partial charge is 0.514 e. The molecule has 2 aliphatic rings. The van der Waals surface area contributed by atoms with E-state index in [4.69, 9.17) is 14.0 Å². The molecule has 1 aromatic rings. The van der Waals surface area contributed by atoms with Crippen LogP contribution in [-0.4, -0.2) is 41.3 Å². The second-order valence-electron chi connectivity index (χ2n) is 6.44. The Morgan fingerprint density at radius 3 is 2.26 bits per heavy atom. The molecule has 0 N–H and O–H groups in total. The Bertz CT molecular complexity index is 478. The van der Waals surface area contributed by atoms with Gasteiger partial charge in [0.1, 0.15) is 0 Å². The van der Waals surface area contributed by atoms with E-state index in [2.05, 4.69) is 32.8 Å². The van der Waals surface area contributed by atoms with Crippen molar-refractivity contribution < 1.29 is 14.0 Å². The van der Waals surface area contributed by atoms with E-state index in [9.17, 15) is 0 Å². The van der Waals surface area contributed by atoms with Gasteiger partial charge in [0, 0.05) is 0 Å². The van der Waals surface area contributed by atoms with Crippen molar-refractivity contribution in [2.75, 3.05) is 13.2 Å². The highest BCUT2D eigenvalue weighted by molar-refractivity contribution is 6.61. The Hall–Kier alpha value is -0.845. The van der Waals surface area contributed by atoms with E-state index in [1.54, 1.807) is 0 Å². The molecule has 3 heterocycles. The molecule has 3 rings (SSSR count). The van der Waals surface area contributed by atoms with E-state index < -0.39 is 0 Å². The summed E-state index contributed by atoms with van der Waals surface area (Å²) < 4.78 is 19.5. The van der Waals surface area contributed by atoms with Gasteiger partial charge in [-0.2, -0.15) is 5.10 Å². The lowest BCUT2D eigenvalue weighted by molar-refractivity contribution is -0.0275. The van der Waals surface area contributed by atoms with Crippen molar-refractivity contribution in [1.29, 1.82) is 0 Å². The molecular formula is C13H21BN2O3. The predicted octanol–water partition coefficient (Wildman–Crippen LogP) is 1.06. The highest BCUT2D eigenvalue weighted by Crippen LogP contribution is 2.36. The molecule has 0 aromatic carbocycles. The lowest BCUT2D eigenvalue weighted by atomic mass is 9.81. The van der Waals surface area contributed by atoms with E-state index >= 15 is 0 Å². The summed E-state index contributed by atoms with van der Waals surface area (Å²) >= 11 is 0. The highest BCUT2D eigenvalue weighted by Gasteiger charge is 2.53. The highest BCUT2D eigenvalue weighted by atomic mass is 16.7. The SMILES string of the molecule is Cc1cnn(C2COC2)c1B1OC(C)(C)C(C)(C)O1. The molecule has 0 atom stereocenters. The van der Waals surface area contributed by atoms with Gasteiger partial charge >= 0.3 is 7.12 Å². The van der Waals surface area contributed by atoms with Crippen molar-refractivity contribution in [3.05, 3.63) is 11.8 Å². The first-order valence-electron chi connectivity index (χ1n) is 6.79. The van der Waals surface area contributed by atoms with Crippen LogP contribution in [0.2, 0.25) is 0 Å². The first kappa shape index (κ1) is 13.2. The third kappa shape index (κ3) is 1.93. The van der Waals surface area contributed by atoms with E-state index in [-0.39, 0.29) is 18.3 Å². The molecule has 2 fully saturated rings. The monoisotopic (exact) mass is 264 g/mol. The molecule has 0 bridgehead atoms. The summed E-state index contributed by atoms with van der Waals surface area (Å²) in [5.41, 5.74) is 1.47. The standard InChI is InChI=1S/C13H21BN2O3/c1-9-6-15-16(10-7-17-8-10)11(9)14-18-12(2,3)13(4,5)19-14/h6,10H,7-8H2,1-5H3. The average Bonchev–Trinajstić information content (AvgIpc) is 2.64. The van der Waals surface area contributed by atoms with Crippen molar-refractivity contribution in [3.8, 4) is 0 Å². The Kier molecular flexibility index (Phi) is 2.82. The van der Waals surface area contributed by atoms with Crippen LogP contribution in [0.5, 0.6) is 0 Å². The fourth-order valence-electron chi connectivity index (χ4n) is 2.36. The number of ether oxygens (including phenoxy) is 1. The van der Waals surface area contributed by atoms with Gasteiger partial charge in [-0.05, 0) is 40.2 Å². The quantitative estimate of drug-likeness (QED) is 0.749. The van der Waals surface area contributed by atoms with Gasteiger partial charge in [-0.15, -0.1) is 0 Å². The summed E-state index contributed by atoms with van der Waals surface area (Å²) in [7, 11) is -0.354. The Balaban J connectivity index is 1.93. The molecule has 2 saturated heterocycles. The summed E-state index contributed by atoms with van der Waals surface area (Å²) in [6.07, 6.45) is 1.87. The van der Waals surface area contributed by atoms with Crippen LogP contribution in [-0.2, 0) is 14.0 Å². The minimum Gasteiger partial charge on any atom is -0.398 e. The molecular weight excluding hydrogens is 243 g/mol. The second-order valence-corrected chi connectivity index (χ2v) is 6.44. The molecule has 0 amide bonds. The number of hydrogen-bond donors (Lipinski definition) is 0. The summed E-state index contributed by atoms with van der Waals surface area (Å²) in [5, 5.41) is 4.45. The van der Waals surface area contributed by atoms with E-state index in [1.165, 1.54) is 0 Å². The normalized spacial score (nSPS) is 25.6. The second kappa shape index (κ2) is 4.07. The minimum atomic E-state index is -0.354. The van der Waals surface area contributed by atoms with Crippen molar-refractivity contribution in [2.45, 2.75) is 51.9 Å². The molecule has 0 aliphatic carbocycles. The molecule has 0 spiro atoms. The van der Waals surface area contributed by atoms with Gasteiger partial charge in [0.2, 0.25) is 0 Å². The van der Waals surface area contributed by atoms with Crippen LogP contribution >= 0.6 is 0 Å². The third-order valence-corrected chi connectivity index (χ3v) is 4.47. The van der Waals surface area contributed by atoms with Crippen molar-refractivity contribution in [1.82, 2.24) is 9.78 Å². The maximum Gasteiger partial charge on any atom is 0.514 e. The molecule has 0 saturated carbocycles. The fourth-order valence-corrected chi connectivity index (χ4v) is 2.36. The van der Waals surface area contributed by atoms with E-state index in [0.717, 1.165) is 11.2 Å². The molecule has 5 nitrogen and oxygen atoms in total. The molecule has 0 unspecified atom stereocenters. The van der Waals surface area contributed by atoms with Crippen molar-refractivity contribution in [2.24, 2.45) is 0 Å². The fraction of sp³-hybridized carbons (Fsp3) is 0.769. The minimum absolute atomic E-state index is 0.308. The number of rotatable bonds is 2. The van der Waals surface area contributed by atoms with Crippen LogP contribution in [0.3, 0.4) is 0 Å². The summed E-state index contributed by atoms with van der Waals surface area (Å²) in [5.74, 6) is 0. The Labute approximate surface area is 114 Å². The van der Waals surface area contributed by atoms with Gasteiger partial charge in [-0.3, -0.25) is 4.68 Å². The van der Waals surface area contributed by atoms with Gasteiger partial charge in [0.05, 0.1) is 42.2 Å². The van der Waals surface area contributed by atoms with Crippen LogP contribution < -0.4 is 5.59 Å². The zero-order valence-corrected chi connectivity index (χ0v) is 12.3. The topological polar surface area (TPSA) is 45.5 Å². The van der Waals surface area contributed by atoms with Gasteiger partial charge in [-0.25, -0.2) is 0 Å². The number of nitrogens with zero attached hydrogens (tertiary/aromatic N) is 2. The molecule has 6 heteroatoms. The van der Waals surface area contributed by atoms with Crippen LogP contribution in [0, 0.1) is 6.92 Å². The number of aromatic nitrogens is 2. The lowest BCUT2D eigenvalue weighted by Gasteiger charge is -2.32. The average molecular weight is 264 g/mol. The van der Waals surface area contributed by atoms with E-state index in [0.29, 0.717) is 19.3 Å². The molecule has 1 aromatic heterocycles. The summed E-state index contributed by atoms with van der Waals surface area (Å²) in [4.78, 5) is 0. The maximum atomic E-state index is 6.12. The van der Waals surface area contributed by atoms with Crippen LogP contribution in [0.15, 0.2) is 6.20 Å². The van der Waals surface area contributed by atoms with Gasteiger partial charge in [-0.1, -0.05) is 0 Å². The number of hydrogen-bond acceptors (Lipinski definition) is 4. The van der Waals surface area contributed by atoms with Crippen LogP contribution in [0.1, 0.15) is 39.3 Å². The first-order valence-corrected chi connectivity index (χ1v) is 6.79. The van der Waals surface area contributed by atoms with Gasteiger partial charge in [0.25, 0.3) is 0 Å². The van der Waals surface area contributed by atoms with Crippen molar-refractivity contribution >= 4 is 12.7 Å². The third-order valence-electron chi connectivity index (χ3n) is 4.47. The maximum absolute atomic E-state index is 6.12. The summed E-state index contributed by atoms with van der Waals surface area (Å²) in [6, 6.07) is 0.308. The first-order chi connectivity index (χ1) is 8.82. The zero-order valence-electron chi connectivity index (χ0n) is 12.3. The zero-order chi connectivity index (χ0) is 13.8. The number of aryl methyl sites for hydroxylation is 1. The molecule has 19 heavy (non-hydrogen) atoms. The molecule has 2 aliphatic heterocycles. The van der Waals surface area contributed by atoms with Crippen molar-refractivity contribution in [3.63, 3.8) is 0 Å². The predicted molar refractivity (Wildman–Crippen MR) is 72.5 cm³/mol. The van der Waals surface area contributed by atoms with Gasteiger partial charge < -0.3 is 14.0 Å². The van der Waals surface area contributed by atoms with Crippen LogP contribution in [0.25, 0.3) is 0 Å². The van der Waals surface area contributed by atoms with E-state index in [1.807, 2.05) is 17.8 Å². The smallest absolute Gasteiger partial charge is 0.398 e. The van der Waals surface area contributed by atoms with Crippen LogP contribution in [0.4, 0.5) is 0 Å². The summed E-state index contributed by atoms with van der Waals surface area (Å²) in [6.45, 7) is 11.7. The Morgan fingerprint density at radius 2 is 1.79 bits per heavy atom. The molecule has 104 valence electrons. The van der Waals surface area contributed by atoms with Gasteiger partial charge in [0.15, 0.2) is 0 Å². The Morgan fingerprint density at radius 1 is 1.21 bits per heavy atom. The molecule has 0 radical (unpaired) electrons. The lowest BCUT2D eigenvalue weighted by Crippen LogP contribution is -2.46.